The van der Waals surface area contributed by atoms with Gasteiger partial charge in [0.2, 0.25) is 5.91 Å². The van der Waals surface area contributed by atoms with E-state index in [9.17, 15) is 4.79 Å². The Labute approximate surface area is 101 Å². The van der Waals surface area contributed by atoms with Crippen molar-refractivity contribution in [2.45, 2.75) is 27.2 Å². The van der Waals surface area contributed by atoms with Crippen LogP contribution in [0.5, 0.6) is 0 Å². The van der Waals surface area contributed by atoms with E-state index in [-0.39, 0.29) is 13.3 Å². The molecule has 3 heteroatoms. The lowest BCUT2D eigenvalue weighted by molar-refractivity contribution is -0.923. The lowest BCUT2D eigenvalue weighted by Gasteiger charge is -2.35. The molecule has 0 spiro atoms. The number of quaternary nitrogens is 1. The zero-order valence-electron chi connectivity index (χ0n) is 11.4. The summed E-state index contributed by atoms with van der Waals surface area (Å²) in [5.74, 6) is -0.0717. The highest BCUT2D eigenvalue weighted by atomic mass is 16.1. The zero-order chi connectivity index (χ0) is 11.7. The summed E-state index contributed by atoms with van der Waals surface area (Å²) in [6.07, 6.45) is 2.36. The first-order chi connectivity index (χ1) is 7.14. The summed E-state index contributed by atoms with van der Waals surface area (Å²) in [4.78, 5) is 10.9. The molecule has 0 radical (unpaired) electrons. The van der Waals surface area contributed by atoms with E-state index in [0.717, 1.165) is 24.0 Å². The van der Waals surface area contributed by atoms with E-state index in [1.54, 1.807) is 0 Å². The van der Waals surface area contributed by atoms with Crippen LogP contribution < -0.4 is 5.32 Å². The van der Waals surface area contributed by atoms with Crippen molar-refractivity contribution in [1.82, 2.24) is 5.32 Å². The van der Waals surface area contributed by atoms with Crippen LogP contribution >= 0.6 is 0 Å². The molecule has 0 saturated heterocycles. The first kappa shape index (κ1) is 17.6. The summed E-state index contributed by atoms with van der Waals surface area (Å²) in [5, 5.41) is 2.81. The molecule has 1 amide bonds. The molecular weight excluding hydrogens is 200 g/mol. The second-order valence-electron chi connectivity index (χ2n) is 3.86. The molecule has 0 unspecified atom stereocenters. The molecule has 0 rings (SSSR count). The Hall–Kier alpha value is -0.830. The number of rotatable bonds is 8. The summed E-state index contributed by atoms with van der Waals surface area (Å²) in [6, 6.07) is 0. The lowest BCUT2D eigenvalue weighted by atomic mass is 10.3. The van der Waals surface area contributed by atoms with Gasteiger partial charge in [0.05, 0.1) is 26.2 Å². The van der Waals surface area contributed by atoms with Gasteiger partial charge in [0.1, 0.15) is 0 Å². The predicted octanol–water partition coefficient (Wildman–Crippen LogP) is 2.01. The minimum atomic E-state index is -0.0717. The van der Waals surface area contributed by atoms with E-state index in [1.807, 2.05) is 0 Å². The summed E-state index contributed by atoms with van der Waals surface area (Å²) in [6.45, 7) is 15.5. The molecule has 1 N–H and O–H groups in total. The number of hydrogen-bond acceptors (Lipinski definition) is 1. The largest absolute Gasteiger partial charge is 0.358 e. The first-order valence-corrected chi connectivity index (χ1v) is 5.89. The Morgan fingerprint density at radius 3 is 2.12 bits per heavy atom. The minimum Gasteiger partial charge on any atom is -0.358 e. The van der Waals surface area contributed by atoms with Gasteiger partial charge >= 0.3 is 0 Å². The predicted molar refractivity (Wildman–Crippen MR) is 71.0 cm³/mol. The fourth-order valence-electron chi connectivity index (χ4n) is 1.84. The van der Waals surface area contributed by atoms with Gasteiger partial charge in [-0.3, -0.25) is 4.79 Å². The quantitative estimate of drug-likeness (QED) is 0.293. The van der Waals surface area contributed by atoms with Crippen molar-refractivity contribution in [3.05, 3.63) is 20.1 Å². The summed E-state index contributed by atoms with van der Waals surface area (Å²) in [5.41, 5.74) is 0. The number of carbonyl (C=O) groups excluding carboxylic acids is 1. The van der Waals surface area contributed by atoms with Crippen molar-refractivity contribution in [3.63, 3.8) is 0 Å². The Morgan fingerprint density at radius 2 is 1.75 bits per heavy atom. The third-order valence-electron chi connectivity index (χ3n) is 3.31. The highest BCUT2D eigenvalue weighted by Crippen LogP contribution is 2.06. The van der Waals surface area contributed by atoms with Crippen LogP contribution in [0.1, 0.15) is 27.2 Å². The van der Waals surface area contributed by atoms with Gasteiger partial charge in [-0.25, -0.2) is 0 Å². The number of nitrogens with zero attached hydrogens (tertiary/aromatic N) is 1. The first-order valence-electron chi connectivity index (χ1n) is 5.89. The van der Waals surface area contributed by atoms with Crippen molar-refractivity contribution in [2.75, 3.05) is 32.7 Å². The van der Waals surface area contributed by atoms with Crippen molar-refractivity contribution >= 4 is 5.91 Å². The number of amides is 1. The van der Waals surface area contributed by atoms with E-state index < -0.39 is 0 Å². The SMILES string of the molecule is C=CC(=O)NCCC[N+](CC)(CC)CC.[CH3-]. The van der Waals surface area contributed by atoms with Crippen molar-refractivity contribution in [2.24, 2.45) is 0 Å². The van der Waals surface area contributed by atoms with Gasteiger partial charge in [0, 0.05) is 13.0 Å². The second kappa shape index (κ2) is 9.40. The maximum atomic E-state index is 10.9. The number of carbonyl (C=O) groups is 1. The molecule has 3 nitrogen and oxygen atoms in total. The average molecular weight is 228 g/mol. The Bertz CT molecular complexity index is 190. The highest BCUT2D eigenvalue weighted by Gasteiger charge is 2.19. The van der Waals surface area contributed by atoms with Gasteiger partial charge in [-0.15, -0.1) is 0 Å². The molecule has 0 fully saturated rings. The fraction of sp³-hybridized carbons (Fsp3) is 0.692. The molecular formula is C13H28N2O. The van der Waals surface area contributed by atoms with Gasteiger partial charge in [0.25, 0.3) is 0 Å². The summed E-state index contributed by atoms with van der Waals surface area (Å²) in [7, 11) is 0. The standard InChI is InChI=1S/C12H24N2O.CH3/c1-5-12(15)13-10-9-11-14(6-2,7-3)8-4;/h5H,1,6-11H2,2-4H3;1H3/q;-1/p+1. The monoisotopic (exact) mass is 228 g/mol. The van der Waals surface area contributed by atoms with E-state index in [2.05, 4.69) is 32.7 Å². The maximum absolute atomic E-state index is 10.9. The molecule has 0 aliphatic carbocycles. The minimum absolute atomic E-state index is 0. The lowest BCUT2D eigenvalue weighted by Crippen LogP contribution is -2.48. The van der Waals surface area contributed by atoms with Crippen LogP contribution in [0.2, 0.25) is 0 Å². The van der Waals surface area contributed by atoms with Crippen LogP contribution in [0.15, 0.2) is 12.7 Å². The molecule has 0 heterocycles. The summed E-state index contributed by atoms with van der Waals surface area (Å²) < 4.78 is 1.14. The molecule has 0 saturated carbocycles. The number of nitrogens with one attached hydrogen (secondary N) is 1. The van der Waals surface area contributed by atoms with Crippen LogP contribution in [0.4, 0.5) is 0 Å². The van der Waals surface area contributed by atoms with E-state index >= 15 is 0 Å². The molecule has 0 aromatic carbocycles. The second-order valence-corrected chi connectivity index (χ2v) is 3.86. The van der Waals surface area contributed by atoms with Crippen LogP contribution in [-0.2, 0) is 4.79 Å². The molecule has 16 heavy (non-hydrogen) atoms. The van der Waals surface area contributed by atoms with Gasteiger partial charge in [-0.1, -0.05) is 6.58 Å². The average Bonchev–Trinajstić information content (AvgIpc) is 2.30. The Balaban J connectivity index is 0. The maximum Gasteiger partial charge on any atom is 0.243 e. The molecule has 0 bridgehead atoms. The Kier molecular flexibility index (Phi) is 10.3. The van der Waals surface area contributed by atoms with Gasteiger partial charge < -0.3 is 17.2 Å². The van der Waals surface area contributed by atoms with Crippen LogP contribution in [-0.4, -0.2) is 43.1 Å². The third kappa shape index (κ3) is 5.91. The molecule has 0 atom stereocenters. The molecule has 0 aromatic heterocycles. The zero-order valence-corrected chi connectivity index (χ0v) is 11.4. The highest BCUT2D eigenvalue weighted by molar-refractivity contribution is 5.86. The molecule has 0 aliphatic rings. The van der Waals surface area contributed by atoms with Gasteiger partial charge in [-0.2, -0.15) is 0 Å². The van der Waals surface area contributed by atoms with Gasteiger partial charge in [-0.05, 0) is 26.8 Å². The topological polar surface area (TPSA) is 29.1 Å². The van der Waals surface area contributed by atoms with E-state index in [0.29, 0.717) is 0 Å². The van der Waals surface area contributed by atoms with E-state index in [1.165, 1.54) is 25.7 Å². The van der Waals surface area contributed by atoms with Crippen LogP contribution in [0.25, 0.3) is 0 Å². The smallest absolute Gasteiger partial charge is 0.243 e. The Morgan fingerprint density at radius 1 is 1.25 bits per heavy atom. The van der Waals surface area contributed by atoms with Crippen molar-refractivity contribution in [1.29, 1.82) is 0 Å². The van der Waals surface area contributed by atoms with Crippen molar-refractivity contribution in [3.8, 4) is 0 Å². The van der Waals surface area contributed by atoms with Crippen molar-refractivity contribution < 1.29 is 9.28 Å². The summed E-state index contributed by atoms with van der Waals surface area (Å²) >= 11 is 0. The normalized spacial score (nSPS) is 10.4. The van der Waals surface area contributed by atoms with Crippen LogP contribution in [0.3, 0.4) is 0 Å². The van der Waals surface area contributed by atoms with Crippen LogP contribution in [0, 0.1) is 7.43 Å². The molecule has 96 valence electrons. The third-order valence-corrected chi connectivity index (χ3v) is 3.31. The van der Waals surface area contributed by atoms with E-state index in [4.69, 9.17) is 0 Å². The number of hydrogen-bond donors (Lipinski definition) is 1. The van der Waals surface area contributed by atoms with Gasteiger partial charge in [0.15, 0.2) is 0 Å². The fourth-order valence-corrected chi connectivity index (χ4v) is 1.84. The molecule has 0 aromatic rings. The molecule has 0 aliphatic heterocycles.